The summed E-state index contributed by atoms with van der Waals surface area (Å²) < 4.78 is 7.18. The molecule has 7 heteroatoms. The molecule has 0 aliphatic heterocycles. The van der Waals surface area contributed by atoms with Crippen molar-refractivity contribution in [3.05, 3.63) is 54.1 Å². The molecule has 1 aromatic heterocycles. The van der Waals surface area contributed by atoms with Gasteiger partial charge in [-0.1, -0.05) is 36.4 Å². The molecule has 0 bridgehead atoms. The number of rotatable bonds is 6. The zero-order valence-corrected chi connectivity index (χ0v) is 16.2. The van der Waals surface area contributed by atoms with Crippen LogP contribution in [0.4, 0.5) is 11.4 Å². The summed E-state index contributed by atoms with van der Waals surface area (Å²) in [5.41, 5.74) is 3.22. The van der Waals surface area contributed by atoms with Crippen molar-refractivity contribution in [1.82, 2.24) is 4.57 Å². The molecule has 0 amide bonds. The molecule has 0 radical (unpaired) electrons. The first-order chi connectivity index (χ1) is 13.1. The Balaban J connectivity index is 1.85. The summed E-state index contributed by atoms with van der Waals surface area (Å²) in [6, 6.07) is 15.4. The van der Waals surface area contributed by atoms with Crippen LogP contribution in [-0.4, -0.2) is 28.0 Å². The average Bonchev–Trinajstić information content (AvgIpc) is 2.94. The molecule has 6 nitrogen and oxygen atoms in total. The quantitative estimate of drug-likeness (QED) is 0.350. The van der Waals surface area contributed by atoms with Gasteiger partial charge in [0.15, 0.2) is 5.69 Å². The number of benzene rings is 2. The summed E-state index contributed by atoms with van der Waals surface area (Å²) in [5.74, 6) is 0.0540. The number of nitrogens with one attached hydrogen (secondary N) is 1. The van der Waals surface area contributed by atoms with Crippen molar-refractivity contribution in [2.45, 2.75) is 20.4 Å². The van der Waals surface area contributed by atoms with Crippen LogP contribution in [0.1, 0.15) is 12.5 Å². The number of aryl methyl sites for hydroxylation is 1. The predicted octanol–water partition coefficient (Wildman–Crippen LogP) is 5.17. The number of aromatic hydroxyl groups is 1. The van der Waals surface area contributed by atoms with Crippen molar-refractivity contribution in [1.29, 1.82) is 0 Å². The Bertz CT molecular complexity index is 981. The van der Waals surface area contributed by atoms with Crippen molar-refractivity contribution in [2.24, 2.45) is 10.2 Å². The fourth-order valence-electron chi connectivity index (χ4n) is 2.85. The number of nitrogens with zero attached hydrogens (tertiary/aromatic N) is 3. The molecule has 0 saturated carbocycles. The van der Waals surface area contributed by atoms with Gasteiger partial charge in [-0.15, -0.1) is 10.2 Å². The molecule has 1 heterocycles. The number of para-hydroxylation sites is 2. The lowest BCUT2D eigenvalue weighted by atomic mass is 10.2. The maximum absolute atomic E-state index is 10.6. The van der Waals surface area contributed by atoms with E-state index in [1.807, 2.05) is 62.4 Å². The van der Waals surface area contributed by atoms with Gasteiger partial charge in [0.25, 0.3) is 0 Å². The molecule has 2 aromatic carbocycles. The largest absolute Gasteiger partial charge is 0.493 e. The highest BCUT2D eigenvalue weighted by Crippen LogP contribution is 2.38. The summed E-state index contributed by atoms with van der Waals surface area (Å²) in [4.78, 5) is 0. The van der Waals surface area contributed by atoms with Crippen LogP contribution < -0.4 is 5.32 Å². The number of azo groups is 1. The molecular formula is C20H22N4O2S. The maximum Gasteiger partial charge on any atom is 0.220 e. The van der Waals surface area contributed by atoms with E-state index in [9.17, 15) is 5.11 Å². The lowest BCUT2D eigenvalue weighted by Crippen LogP contribution is -2.06. The minimum Gasteiger partial charge on any atom is -0.493 e. The van der Waals surface area contributed by atoms with Gasteiger partial charge in [0.2, 0.25) is 11.0 Å². The Morgan fingerprint density at radius 2 is 1.93 bits per heavy atom. The highest BCUT2D eigenvalue weighted by molar-refractivity contribution is 7.80. The molecule has 2 N–H and O–H groups in total. The van der Waals surface area contributed by atoms with Crippen LogP contribution in [0.5, 0.6) is 5.88 Å². The van der Waals surface area contributed by atoms with E-state index in [-0.39, 0.29) is 11.0 Å². The average molecular weight is 382 g/mol. The van der Waals surface area contributed by atoms with Crippen LogP contribution in [0.25, 0.3) is 10.9 Å². The maximum atomic E-state index is 10.6. The predicted molar refractivity (Wildman–Crippen MR) is 112 cm³/mol. The number of hydrogen-bond donors (Lipinski definition) is 2. The zero-order valence-electron chi connectivity index (χ0n) is 15.3. The Kier molecular flexibility index (Phi) is 6.16. The van der Waals surface area contributed by atoms with Crippen molar-refractivity contribution in [3.63, 3.8) is 0 Å². The highest BCUT2D eigenvalue weighted by atomic mass is 32.1. The van der Waals surface area contributed by atoms with Crippen LogP contribution in [0.2, 0.25) is 0 Å². The molecule has 0 spiro atoms. The van der Waals surface area contributed by atoms with Crippen molar-refractivity contribution < 1.29 is 9.84 Å². The molecule has 0 aliphatic rings. The lowest BCUT2D eigenvalue weighted by molar-refractivity contribution is 0.138. The summed E-state index contributed by atoms with van der Waals surface area (Å²) in [5, 5.41) is 23.1. The normalized spacial score (nSPS) is 11.3. The fourth-order valence-corrected chi connectivity index (χ4v) is 3.00. The second-order valence-electron chi connectivity index (χ2n) is 5.98. The van der Waals surface area contributed by atoms with Crippen LogP contribution in [0.3, 0.4) is 0 Å². The SMILES string of the molecule is CCOCCn1c(O)c(N=NC(=S)Nc2ccccc2C)c2ccccc21. The summed E-state index contributed by atoms with van der Waals surface area (Å²) in [6.45, 7) is 5.59. The molecule has 140 valence electrons. The van der Waals surface area contributed by atoms with Crippen molar-refractivity contribution >= 4 is 39.6 Å². The van der Waals surface area contributed by atoms with Crippen LogP contribution >= 0.6 is 12.2 Å². The molecule has 0 atom stereocenters. The van der Waals surface area contributed by atoms with Crippen molar-refractivity contribution in [3.8, 4) is 5.88 Å². The monoisotopic (exact) mass is 382 g/mol. The third kappa shape index (κ3) is 4.32. The Labute approximate surface area is 163 Å². The Morgan fingerprint density at radius 3 is 2.70 bits per heavy atom. The summed E-state index contributed by atoms with van der Waals surface area (Å²) in [7, 11) is 0. The van der Waals surface area contributed by atoms with Gasteiger partial charge in [-0.2, -0.15) is 0 Å². The molecule has 27 heavy (non-hydrogen) atoms. The van der Waals surface area contributed by atoms with Gasteiger partial charge in [-0.3, -0.25) is 0 Å². The minimum absolute atomic E-state index is 0.0540. The topological polar surface area (TPSA) is 71.1 Å². The van der Waals surface area contributed by atoms with Gasteiger partial charge in [0.1, 0.15) is 0 Å². The number of anilines is 1. The van der Waals surface area contributed by atoms with Crippen LogP contribution in [0.15, 0.2) is 58.8 Å². The van der Waals surface area contributed by atoms with Crippen molar-refractivity contribution in [2.75, 3.05) is 18.5 Å². The van der Waals surface area contributed by atoms with Gasteiger partial charge in [0, 0.05) is 24.2 Å². The first-order valence-corrected chi connectivity index (χ1v) is 9.19. The summed E-state index contributed by atoms with van der Waals surface area (Å²) in [6.07, 6.45) is 0. The van der Waals surface area contributed by atoms with Gasteiger partial charge in [0.05, 0.1) is 12.1 Å². The summed E-state index contributed by atoms with van der Waals surface area (Å²) >= 11 is 5.27. The van der Waals surface area contributed by atoms with E-state index < -0.39 is 0 Å². The van der Waals surface area contributed by atoms with E-state index in [0.29, 0.717) is 25.4 Å². The van der Waals surface area contributed by atoms with Gasteiger partial charge >= 0.3 is 0 Å². The molecular weight excluding hydrogens is 360 g/mol. The standard InChI is InChI=1S/C20H22N4O2S/c1-3-26-13-12-24-17-11-7-5-9-15(17)18(19(24)25)22-23-20(27)21-16-10-6-4-8-14(16)2/h4-11,25H,3,12-13H2,1-2H3,(H,21,27). The van der Waals surface area contributed by atoms with E-state index in [1.165, 1.54) is 0 Å². The van der Waals surface area contributed by atoms with E-state index in [1.54, 1.807) is 4.57 Å². The zero-order chi connectivity index (χ0) is 19.2. The second kappa shape index (κ2) is 8.75. The minimum atomic E-state index is 0.0540. The number of ether oxygens (including phenoxy) is 1. The molecule has 0 aliphatic carbocycles. The fraction of sp³-hybridized carbons (Fsp3) is 0.250. The van der Waals surface area contributed by atoms with Gasteiger partial charge < -0.3 is 19.7 Å². The molecule has 3 aromatic rings. The number of aromatic nitrogens is 1. The number of thiocarbonyl (C=S) groups is 1. The first kappa shape index (κ1) is 19.0. The van der Waals surface area contributed by atoms with E-state index >= 15 is 0 Å². The molecule has 0 unspecified atom stereocenters. The van der Waals surface area contributed by atoms with E-state index in [4.69, 9.17) is 17.0 Å². The Hall–Kier alpha value is -2.77. The molecule has 3 rings (SSSR count). The van der Waals surface area contributed by atoms with Gasteiger partial charge in [-0.25, -0.2) is 0 Å². The highest BCUT2D eigenvalue weighted by Gasteiger charge is 2.16. The Morgan fingerprint density at radius 1 is 1.19 bits per heavy atom. The molecule has 0 fully saturated rings. The van der Waals surface area contributed by atoms with Crippen LogP contribution in [-0.2, 0) is 11.3 Å². The number of fused-ring (bicyclic) bond motifs is 1. The van der Waals surface area contributed by atoms with E-state index in [0.717, 1.165) is 22.2 Å². The molecule has 0 saturated heterocycles. The van der Waals surface area contributed by atoms with Gasteiger partial charge in [-0.05, 0) is 43.8 Å². The lowest BCUT2D eigenvalue weighted by Gasteiger charge is -2.07. The first-order valence-electron chi connectivity index (χ1n) is 8.78. The smallest absolute Gasteiger partial charge is 0.220 e. The van der Waals surface area contributed by atoms with Crippen LogP contribution in [0, 0.1) is 6.92 Å². The third-order valence-corrected chi connectivity index (χ3v) is 4.39. The van der Waals surface area contributed by atoms with E-state index in [2.05, 4.69) is 15.5 Å². The third-order valence-electron chi connectivity index (χ3n) is 4.21. The number of hydrogen-bond acceptors (Lipinski definition) is 4. The second-order valence-corrected chi connectivity index (χ2v) is 6.37.